The molecule has 0 aliphatic heterocycles. The van der Waals surface area contributed by atoms with Crippen LogP contribution in [0, 0.1) is 0 Å². The van der Waals surface area contributed by atoms with E-state index in [1.54, 1.807) is 23.7 Å². The van der Waals surface area contributed by atoms with Crippen LogP contribution in [0.1, 0.15) is 17.5 Å². The Morgan fingerprint density at radius 3 is 3.05 bits per heavy atom. The molecule has 0 fully saturated rings. The van der Waals surface area contributed by atoms with Gasteiger partial charge < -0.3 is 4.74 Å². The molecular formula is C16H14N2O2S. The van der Waals surface area contributed by atoms with E-state index >= 15 is 0 Å². The molecule has 0 unspecified atom stereocenters. The molecule has 21 heavy (non-hydrogen) atoms. The number of benzene rings is 1. The van der Waals surface area contributed by atoms with Crippen LogP contribution in [-0.4, -0.2) is 15.9 Å². The molecule has 0 N–H and O–H groups in total. The van der Waals surface area contributed by atoms with E-state index in [1.807, 2.05) is 29.8 Å². The normalized spacial score (nSPS) is 10.7. The lowest BCUT2D eigenvalue weighted by Gasteiger charge is -2.05. The Bertz CT molecular complexity index is 740. The first kappa shape index (κ1) is 13.7. The first-order valence-electron chi connectivity index (χ1n) is 6.68. The van der Waals surface area contributed by atoms with Crippen molar-refractivity contribution in [3.05, 3.63) is 59.4 Å². The Morgan fingerprint density at radius 2 is 2.19 bits per heavy atom. The number of fused-ring (bicyclic) bond motifs is 1. The average Bonchev–Trinajstić information content (AvgIpc) is 2.99. The fourth-order valence-electron chi connectivity index (χ4n) is 2.02. The van der Waals surface area contributed by atoms with Crippen molar-refractivity contribution in [1.82, 2.24) is 9.97 Å². The fourth-order valence-corrected chi connectivity index (χ4v) is 2.76. The summed E-state index contributed by atoms with van der Waals surface area (Å²) in [6, 6.07) is 9.80. The van der Waals surface area contributed by atoms with Crippen molar-refractivity contribution in [2.75, 3.05) is 0 Å². The molecule has 0 aliphatic carbocycles. The van der Waals surface area contributed by atoms with Gasteiger partial charge in [-0.15, -0.1) is 11.3 Å². The molecule has 0 saturated heterocycles. The number of carbonyl (C=O) groups is 1. The Balaban J connectivity index is 1.51. The quantitative estimate of drug-likeness (QED) is 0.678. The summed E-state index contributed by atoms with van der Waals surface area (Å²) < 4.78 is 6.38. The van der Waals surface area contributed by atoms with Gasteiger partial charge in [0, 0.05) is 24.4 Å². The zero-order valence-corrected chi connectivity index (χ0v) is 12.2. The lowest BCUT2D eigenvalue weighted by molar-refractivity contribution is -0.144. The number of pyridine rings is 1. The monoisotopic (exact) mass is 298 g/mol. The molecule has 0 saturated carbocycles. The molecule has 0 atom stereocenters. The number of aromatic nitrogens is 2. The smallest absolute Gasteiger partial charge is 0.306 e. The highest BCUT2D eigenvalue weighted by Crippen LogP contribution is 2.19. The molecule has 0 spiro atoms. The minimum atomic E-state index is -0.191. The van der Waals surface area contributed by atoms with Crippen LogP contribution < -0.4 is 0 Å². The molecule has 0 bridgehead atoms. The van der Waals surface area contributed by atoms with Crippen LogP contribution in [0.2, 0.25) is 0 Å². The second-order valence-electron chi connectivity index (χ2n) is 4.68. The van der Waals surface area contributed by atoms with Crippen molar-refractivity contribution in [3.8, 4) is 0 Å². The zero-order valence-electron chi connectivity index (χ0n) is 11.4. The number of carbonyl (C=O) groups excluding carboxylic acids is 1. The number of nitrogens with zero attached hydrogens (tertiary/aromatic N) is 2. The van der Waals surface area contributed by atoms with Gasteiger partial charge in [-0.1, -0.05) is 12.1 Å². The Morgan fingerprint density at radius 1 is 1.24 bits per heavy atom. The molecule has 3 aromatic rings. The summed E-state index contributed by atoms with van der Waals surface area (Å²) >= 11 is 1.61. The molecule has 2 aromatic heterocycles. The molecule has 0 aliphatic rings. The van der Waals surface area contributed by atoms with Crippen molar-refractivity contribution in [2.45, 2.75) is 19.4 Å². The summed E-state index contributed by atoms with van der Waals surface area (Å²) in [5.41, 5.74) is 4.86. The molecule has 5 heteroatoms. The Labute approximate surface area is 126 Å². The van der Waals surface area contributed by atoms with E-state index in [2.05, 4.69) is 16.0 Å². The van der Waals surface area contributed by atoms with Crippen molar-refractivity contribution in [3.63, 3.8) is 0 Å². The highest BCUT2D eigenvalue weighted by molar-refractivity contribution is 7.16. The number of aryl methyl sites for hydroxylation is 1. The summed E-state index contributed by atoms with van der Waals surface area (Å²) in [6.45, 7) is 0.278. The molecule has 4 nitrogen and oxygen atoms in total. The molecule has 3 rings (SSSR count). The summed E-state index contributed by atoms with van der Waals surface area (Å²) in [7, 11) is 0. The standard InChI is InChI=1S/C16H14N2O2S/c19-16(20-10-13-2-1-7-17-9-13)6-4-12-3-5-14-15(8-12)21-11-18-14/h1-3,5,7-9,11H,4,6,10H2. The van der Waals surface area contributed by atoms with E-state index in [0.717, 1.165) is 21.3 Å². The third kappa shape index (κ3) is 3.64. The van der Waals surface area contributed by atoms with Crippen molar-refractivity contribution in [2.24, 2.45) is 0 Å². The Hall–Kier alpha value is -2.27. The van der Waals surface area contributed by atoms with Crippen LogP contribution in [0.3, 0.4) is 0 Å². The molecular weight excluding hydrogens is 284 g/mol. The largest absolute Gasteiger partial charge is 0.461 e. The summed E-state index contributed by atoms with van der Waals surface area (Å²) in [5, 5.41) is 0. The van der Waals surface area contributed by atoms with E-state index < -0.39 is 0 Å². The maximum absolute atomic E-state index is 11.8. The number of hydrogen-bond donors (Lipinski definition) is 0. The maximum atomic E-state index is 11.8. The van der Waals surface area contributed by atoms with E-state index in [1.165, 1.54) is 0 Å². The van der Waals surface area contributed by atoms with Gasteiger partial charge in [0.15, 0.2) is 0 Å². The topological polar surface area (TPSA) is 52.1 Å². The van der Waals surface area contributed by atoms with E-state index in [-0.39, 0.29) is 12.6 Å². The third-order valence-corrected chi connectivity index (χ3v) is 3.93. The van der Waals surface area contributed by atoms with Crippen LogP contribution in [0.25, 0.3) is 10.2 Å². The van der Waals surface area contributed by atoms with Crippen LogP contribution in [0.5, 0.6) is 0 Å². The van der Waals surface area contributed by atoms with Crippen molar-refractivity contribution < 1.29 is 9.53 Å². The summed E-state index contributed by atoms with van der Waals surface area (Å²) in [5.74, 6) is -0.191. The summed E-state index contributed by atoms with van der Waals surface area (Å²) in [4.78, 5) is 20.0. The van der Waals surface area contributed by atoms with Crippen LogP contribution in [0.4, 0.5) is 0 Å². The predicted molar refractivity (Wildman–Crippen MR) is 82.0 cm³/mol. The number of esters is 1. The average molecular weight is 298 g/mol. The highest BCUT2D eigenvalue weighted by atomic mass is 32.1. The first-order valence-corrected chi connectivity index (χ1v) is 7.56. The lowest BCUT2D eigenvalue weighted by Crippen LogP contribution is -2.06. The van der Waals surface area contributed by atoms with Crippen LogP contribution >= 0.6 is 11.3 Å². The van der Waals surface area contributed by atoms with Gasteiger partial charge in [0.2, 0.25) is 0 Å². The first-order chi connectivity index (χ1) is 10.3. The molecule has 106 valence electrons. The van der Waals surface area contributed by atoms with Crippen molar-refractivity contribution in [1.29, 1.82) is 0 Å². The van der Waals surface area contributed by atoms with Gasteiger partial charge in [0.05, 0.1) is 15.7 Å². The predicted octanol–water partition coefficient (Wildman–Crippen LogP) is 3.37. The van der Waals surface area contributed by atoms with Crippen LogP contribution in [0.15, 0.2) is 48.2 Å². The minimum Gasteiger partial charge on any atom is -0.461 e. The van der Waals surface area contributed by atoms with E-state index in [4.69, 9.17) is 4.74 Å². The summed E-state index contributed by atoms with van der Waals surface area (Å²) in [6.07, 6.45) is 4.45. The van der Waals surface area contributed by atoms with Gasteiger partial charge in [-0.05, 0) is 30.2 Å². The zero-order chi connectivity index (χ0) is 14.5. The number of rotatable bonds is 5. The number of thiazole rings is 1. The second-order valence-corrected chi connectivity index (χ2v) is 5.56. The molecule has 1 aromatic carbocycles. The van der Waals surface area contributed by atoms with Crippen LogP contribution in [-0.2, 0) is 22.6 Å². The van der Waals surface area contributed by atoms with Gasteiger partial charge in [0.1, 0.15) is 6.61 Å². The molecule has 2 heterocycles. The van der Waals surface area contributed by atoms with Crippen molar-refractivity contribution >= 4 is 27.5 Å². The van der Waals surface area contributed by atoms with Gasteiger partial charge in [0.25, 0.3) is 0 Å². The SMILES string of the molecule is O=C(CCc1ccc2ncsc2c1)OCc1cccnc1. The minimum absolute atomic E-state index is 0.191. The molecule has 0 amide bonds. The number of hydrogen-bond acceptors (Lipinski definition) is 5. The van der Waals surface area contributed by atoms with E-state index in [9.17, 15) is 4.79 Å². The Kier molecular flexibility index (Phi) is 4.21. The number of ether oxygens (including phenoxy) is 1. The van der Waals surface area contributed by atoms with Gasteiger partial charge in [-0.2, -0.15) is 0 Å². The van der Waals surface area contributed by atoms with E-state index in [0.29, 0.717) is 12.8 Å². The lowest BCUT2D eigenvalue weighted by atomic mass is 10.1. The second kappa shape index (κ2) is 6.45. The van der Waals surface area contributed by atoms with Gasteiger partial charge in [-0.25, -0.2) is 4.98 Å². The fraction of sp³-hybridized carbons (Fsp3) is 0.188. The van der Waals surface area contributed by atoms with Gasteiger partial charge >= 0.3 is 5.97 Å². The van der Waals surface area contributed by atoms with Gasteiger partial charge in [-0.3, -0.25) is 9.78 Å². The third-order valence-electron chi connectivity index (χ3n) is 3.14. The molecule has 0 radical (unpaired) electrons. The highest BCUT2D eigenvalue weighted by Gasteiger charge is 2.05. The maximum Gasteiger partial charge on any atom is 0.306 e.